The van der Waals surface area contributed by atoms with Gasteiger partial charge >= 0.3 is 0 Å². The van der Waals surface area contributed by atoms with Crippen LogP contribution in [0.3, 0.4) is 0 Å². The Balaban J connectivity index is 1.27. The van der Waals surface area contributed by atoms with E-state index in [4.69, 9.17) is 9.47 Å². The molecule has 2 heterocycles. The van der Waals surface area contributed by atoms with Crippen LogP contribution in [0.4, 0.5) is 5.69 Å². The topological polar surface area (TPSA) is 65.4 Å². The number of rotatable bonds is 5. The largest absolute Gasteiger partial charge is 0.454 e. The molecule has 0 radical (unpaired) electrons. The van der Waals surface area contributed by atoms with Crippen molar-refractivity contribution in [3.63, 3.8) is 0 Å². The van der Waals surface area contributed by atoms with Crippen molar-refractivity contribution in [2.24, 2.45) is 0 Å². The summed E-state index contributed by atoms with van der Waals surface area (Å²) in [6, 6.07) is 31.8. The Morgan fingerprint density at radius 1 is 0.824 bits per heavy atom. The van der Waals surface area contributed by atoms with Gasteiger partial charge < -0.3 is 14.8 Å². The van der Waals surface area contributed by atoms with Gasteiger partial charge in [-0.15, -0.1) is 0 Å². The molecule has 0 saturated heterocycles. The average molecular weight is 447 g/mol. The van der Waals surface area contributed by atoms with Crippen molar-refractivity contribution < 1.29 is 14.3 Å². The molecule has 1 amide bonds. The zero-order valence-corrected chi connectivity index (χ0v) is 18.3. The van der Waals surface area contributed by atoms with Gasteiger partial charge in [-0.05, 0) is 34.9 Å². The summed E-state index contributed by atoms with van der Waals surface area (Å²) in [6.07, 6.45) is 0. The van der Waals surface area contributed by atoms with Crippen molar-refractivity contribution in [2.45, 2.75) is 6.54 Å². The summed E-state index contributed by atoms with van der Waals surface area (Å²) in [6.45, 7) is 0.751. The van der Waals surface area contributed by atoms with Crippen molar-refractivity contribution in [3.8, 4) is 22.6 Å². The molecule has 0 spiro atoms. The molecule has 4 aromatic carbocycles. The number of fused-ring (bicyclic) bond motifs is 2. The van der Waals surface area contributed by atoms with Gasteiger partial charge in [0.1, 0.15) is 0 Å². The van der Waals surface area contributed by atoms with Crippen LogP contribution in [0.1, 0.15) is 16.1 Å². The summed E-state index contributed by atoms with van der Waals surface area (Å²) in [5.41, 5.74) is 5.37. The summed E-state index contributed by atoms with van der Waals surface area (Å²) >= 11 is 0. The number of amides is 1. The zero-order valence-electron chi connectivity index (χ0n) is 18.3. The highest BCUT2D eigenvalue weighted by molar-refractivity contribution is 6.11. The van der Waals surface area contributed by atoms with E-state index in [1.54, 1.807) is 18.2 Å². The molecule has 0 fully saturated rings. The summed E-state index contributed by atoms with van der Waals surface area (Å²) < 4.78 is 12.6. The molecule has 6 nitrogen and oxygen atoms in total. The third kappa shape index (κ3) is 3.75. The van der Waals surface area contributed by atoms with Gasteiger partial charge in [0, 0.05) is 17.1 Å². The van der Waals surface area contributed by atoms with E-state index in [0.29, 0.717) is 29.4 Å². The molecule has 0 atom stereocenters. The number of nitrogens with one attached hydrogen (secondary N) is 1. The number of para-hydroxylation sites is 1. The Morgan fingerprint density at radius 3 is 2.41 bits per heavy atom. The van der Waals surface area contributed by atoms with Crippen LogP contribution in [0.2, 0.25) is 0 Å². The number of carbonyl (C=O) groups is 1. The van der Waals surface area contributed by atoms with Gasteiger partial charge in [0.15, 0.2) is 17.2 Å². The van der Waals surface area contributed by atoms with Crippen molar-refractivity contribution in [2.75, 3.05) is 12.1 Å². The fourth-order valence-electron chi connectivity index (χ4n) is 4.19. The fourth-order valence-corrected chi connectivity index (χ4v) is 4.19. The summed E-state index contributed by atoms with van der Waals surface area (Å²) in [5.74, 6) is 1.02. The van der Waals surface area contributed by atoms with Gasteiger partial charge in [-0.1, -0.05) is 72.8 Å². The normalized spacial score (nSPS) is 12.1. The molecule has 1 N–H and O–H groups in total. The molecule has 0 unspecified atom stereocenters. The monoisotopic (exact) mass is 447 g/mol. The lowest BCUT2D eigenvalue weighted by atomic mass is 10.0. The van der Waals surface area contributed by atoms with Crippen LogP contribution in [0, 0.1) is 0 Å². The molecule has 0 saturated carbocycles. The molecular formula is C28H21N3O3. The minimum absolute atomic E-state index is 0.189. The molecule has 1 aliphatic heterocycles. The smallest absolute Gasteiger partial charge is 0.276 e. The lowest BCUT2D eigenvalue weighted by Gasteiger charge is -2.06. The number of hydrogen-bond donors (Lipinski definition) is 1. The zero-order chi connectivity index (χ0) is 22.9. The predicted octanol–water partition coefficient (Wildman–Crippen LogP) is 5.73. The Labute approximate surface area is 196 Å². The standard InChI is InChI=1S/C28H21N3O3/c32-28(29-22-14-15-25-26(16-22)34-18-33-25)27-23-8-4-5-9-24(23)31(30-27)17-19-10-12-21(13-11-19)20-6-2-1-3-7-20/h1-16H,17-18H2,(H,29,32). The summed E-state index contributed by atoms with van der Waals surface area (Å²) in [4.78, 5) is 13.1. The quantitative estimate of drug-likeness (QED) is 0.374. The maximum absolute atomic E-state index is 13.1. The lowest BCUT2D eigenvalue weighted by Crippen LogP contribution is -2.14. The van der Waals surface area contributed by atoms with E-state index < -0.39 is 0 Å². The highest BCUT2D eigenvalue weighted by Crippen LogP contribution is 2.34. The number of benzene rings is 4. The molecule has 1 aliphatic rings. The Bertz CT molecular complexity index is 1490. The molecule has 1 aromatic heterocycles. The highest BCUT2D eigenvalue weighted by atomic mass is 16.7. The van der Waals surface area contributed by atoms with Gasteiger partial charge in [-0.3, -0.25) is 9.48 Å². The van der Waals surface area contributed by atoms with Crippen molar-refractivity contribution in [1.29, 1.82) is 0 Å². The Hall–Kier alpha value is -4.58. The molecule has 5 aromatic rings. The van der Waals surface area contributed by atoms with E-state index in [2.05, 4.69) is 46.8 Å². The van der Waals surface area contributed by atoms with E-state index in [1.807, 2.05) is 47.1 Å². The van der Waals surface area contributed by atoms with Gasteiger partial charge in [-0.2, -0.15) is 5.10 Å². The van der Waals surface area contributed by atoms with Crippen LogP contribution in [0.25, 0.3) is 22.0 Å². The second kappa shape index (κ2) is 8.41. The van der Waals surface area contributed by atoms with E-state index in [0.717, 1.165) is 16.5 Å². The molecule has 6 rings (SSSR count). The third-order valence-electron chi connectivity index (χ3n) is 5.90. The number of aromatic nitrogens is 2. The number of anilines is 1. The van der Waals surface area contributed by atoms with Crippen LogP contribution < -0.4 is 14.8 Å². The predicted molar refractivity (Wildman–Crippen MR) is 131 cm³/mol. The first-order valence-corrected chi connectivity index (χ1v) is 11.1. The molecule has 34 heavy (non-hydrogen) atoms. The fraction of sp³-hybridized carbons (Fsp3) is 0.0714. The van der Waals surface area contributed by atoms with E-state index in [1.165, 1.54) is 11.1 Å². The van der Waals surface area contributed by atoms with Gasteiger partial charge in [-0.25, -0.2) is 0 Å². The maximum atomic E-state index is 13.1. The van der Waals surface area contributed by atoms with Crippen molar-refractivity contribution in [1.82, 2.24) is 9.78 Å². The van der Waals surface area contributed by atoms with Crippen LogP contribution in [0.5, 0.6) is 11.5 Å². The number of ether oxygens (including phenoxy) is 2. The van der Waals surface area contributed by atoms with Gasteiger partial charge in [0.05, 0.1) is 12.1 Å². The lowest BCUT2D eigenvalue weighted by molar-refractivity contribution is 0.102. The third-order valence-corrected chi connectivity index (χ3v) is 5.90. The average Bonchev–Trinajstić information content (AvgIpc) is 3.50. The molecule has 166 valence electrons. The minimum Gasteiger partial charge on any atom is -0.454 e. The molecule has 0 bridgehead atoms. The number of hydrogen-bond acceptors (Lipinski definition) is 4. The van der Waals surface area contributed by atoms with Crippen molar-refractivity contribution in [3.05, 3.63) is 108 Å². The Morgan fingerprint density at radius 2 is 1.56 bits per heavy atom. The van der Waals surface area contributed by atoms with Crippen LogP contribution in [-0.4, -0.2) is 22.5 Å². The first-order valence-electron chi connectivity index (χ1n) is 11.1. The first-order chi connectivity index (χ1) is 16.7. The molecule has 6 heteroatoms. The second-order valence-corrected chi connectivity index (χ2v) is 8.11. The number of nitrogens with zero attached hydrogens (tertiary/aromatic N) is 2. The van der Waals surface area contributed by atoms with Crippen LogP contribution >= 0.6 is 0 Å². The second-order valence-electron chi connectivity index (χ2n) is 8.11. The highest BCUT2D eigenvalue weighted by Gasteiger charge is 2.19. The Kier molecular flexibility index (Phi) is 4.96. The molecule has 0 aliphatic carbocycles. The molecular weight excluding hydrogens is 426 g/mol. The van der Waals surface area contributed by atoms with E-state index in [9.17, 15) is 4.79 Å². The van der Waals surface area contributed by atoms with Gasteiger partial charge in [0.25, 0.3) is 5.91 Å². The summed E-state index contributed by atoms with van der Waals surface area (Å²) in [7, 11) is 0. The van der Waals surface area contributed by atoms with Crippen LogP contribution in [-0.2, 0) is 6.54 Å². The summed E-state index contributed by atoms with van der Waals surface area (Å²) in [5, 5.41) is 8.42. The van der Waals surface area contributed by atoms with E-state index >= 15 is 0 Å². The van der Waals surface area contributed by atoms with Gasteiger partial charge in [0.2, 0.25) is 6.79 Å². The maximum Gasteiger partial charge on any atom is 0.276 e. The van der Waals surface area contributed by atoms with E-state index in [-0.39, 0.29) is 12.7 Å². The SMILES string of the molecule is O=C(Nc1ccc2c(c1)OCO2)c1nn(Cc2ccc(-c3ccccc3)cc2)c2ccccc12. The first kappa shape index (κ1) is 20.1. The van der Waals surface area contributed by atoms with Crippen molar-refractivity contribution >= 4 is 22.5 Å². The minimum atomic E-state index is -0.270. The number of carbonyl (C=O) groups excluding carboxylic acids is 1. The van der Waals surface area contributed by atoms with Crippen LogP contribution in [0.15, 0.2) is 97.1 Å².